The normalized spacial score (nSPS) is 11.1. The van der Waals surface area contributed by atoms with E-state index >= 15 is 0 Å². The third-order valence-electron chi connectivity index (χ3n) is 4.01. The van der Waals surface area contributed by atoms with Crippen LogP contribution in [0, 0.1) is 17.0 Å². The molecule has 0 unspecified atom stereocenters. The third-order valence-corrected chi connectivity index (χ3v) is 4.51. The van der Waals surface area contributed by atoms with Crippen LogP contribution in [0.2, 0.25) is 0 Å². The molecule has 0 radical (unpaired) electrons. The van der Waals surface area contributed by atoms with Gasteiger partial charge >= 0.3 is 11.7 Å². The molecule has 3 rings (SSSR count). The summed E-state index contributed by atoms with van der Waals surface area (Å²) >= 11 is 3.32. The molecule has 0 fully saturated rings. The predicted octanol–water partition coefficient (Wildman–Crippen LogP) is 3.19. The third kappa shape index (κ3) is 4.20. The minimum atomic E-state index is -0.728. The smallest absolute Gasteiger partial charge is 0.316 e. The van der Waals surface area contributed by atoms with Crippen LogP contribution in [-0.4, -0.2) is 33.9 Å². The summed E-state index contributed by atoms with van der Waals surface area (Å²) in [4.78, 5) is 39.2. The summed E-state index contributed by atoms with van der Waals surface area (Å²) in [6.45, 7) is 2.74. The van der Waals surface area contributed by atoms with Crippen molar-refractivity contribution >= 4 is 44.7 Å². The summed E-state index contributed by atoms with van der Waals surface area (Å²) in [7, 11) is 1.28. The van der Waals surface area contributed by atoms with Gasteiger partial charge in [-0.2, -0.15) is 9.78 Å². The van der Waals surface area contributed by atoms with E-state index in [-0.39, 0.29) is 17.1 Å². The van der Waals surface area contributed by atoms with Crippen LogP contribution in [0.1, 0.15) is 18.3 Å². The zero-order valence-electron chi connectivity index (χ0n) is 16.1. The van der Waals surface area contributed by atoms with Crippen molar-refractivity contribution in [3.8, 4) is 11.5 Å². The Morgan fingerprint density at radius 1 is 1.33 bits per heavy atom. The lowest BCUT2D eigenvalue weighted by atomic mass is 10.2. The first-order valence-corrected chi connectivity index (χ1v) is 9.28. The van der Waals surface area contributed by atoms with E-state index in [1.54, 1.807) is 25.1 Å². The minimum Gasteiger partial charge on any atom is -0.493 e. The number of halogens is 1. The molecule has 2 aromatic carbocycles. The Kier molecular flexibility index (Phi) is 5.92. The van der Waals surface area contributed by atoms with Crippen molar-refractivity contribution in [3.05, 3.63) is 66.7 Å². The van der Waals surface area contributed by atoms with E-state index in [1.807, 2.05) is 0 Å². The van der Waals surface area contributed by atoms with Gasteiger partial charge in [0.1, 0.15) is 5.82 Å². The van der Waals surface area contributed by atoms with Crippen molar-refractivity contribution in [2.75, 3.05) is 7.11 Å². The number of carbonyl (C=O) groups excluding carboxylic acids is 1. The largest absolute Gasteiger partial charge is 0.493 e. The van der Waals surface area contributed by atoms with Crippen LogP contribution in [0.25, 0.3) is 10.9 Å². The average molecular weight is 475 g/mol. The molecule has 0 aliphatic rings. The predicted molar refractivity (Wildman–Crippen MR) is 112 cm³/mol. The summed E-state index contributed by atoms with van der Waals surface area (Å²) in [5.41, 5.74) is -0.0889. The van der Waals surface area contributed by atoms with E-state index in [0.29, 0.717) is 16.7 Å². The van der Waals surface area contributed by atoms with Gasteiger partial charge in [-0.15, -0.1) is 0 Å². The molecule has 0 aliphatic carbocycles. The van der Waals surface area contributed by atoms with Gasteiger partial charge < -0.3 is 9.47 Å². The molecule has 30 heavy (non-hydrogen) atoms. The second kappa shape index (κ2) is 8.41. The monoisotopic (exact) mass is 474 g/mol. The Morgan fingerprint density at radius 2 is 2.07 bits per heavy atom. The van der Waals surface area contributed by atoms with Crippen LogP contribution >= 0.6 is 15.9 Å². The fraction of sp³-hybridized carbons (Fsp3) is 0.158. The molecule has 154 valence electrons. The lowest BCUT2D eigenvalue weighted by Crippen LogP contribution is -2.20. The van der Waals surface area contributed by atoms with Gasteiger partial charge in [0, 0.05) is 23.0 Å². The lowest BCUT2D eigenvalue weighted by molar-refractivity contribution is -0.385. The lowest BCUT2D eigenvalue weighted by Gasteiger charge is -2.09. The van der Waals surface area contributed by atoms with Crippen LogP contribution in [0.15, 0.2) is 44.7 Å². The summed E-state index contributed by atoms with van der Waals surface area (Å²) in [6, 6.07) is 7.69. The van der Waals surface area contributed by atoms with Gasteiger partial charge in [0.25, 0.3) is 5.56 Å². The first-order chi connectivity index (χ1) is 14.2. The van der Waals surface area contributed by atoms with Crippen molar-refractivity contribution in [2.45, 2.75) is 13.8 Å². The fourth-order valence-corrected chi connectivity index (χ4v) is 3.10. The highest BCUT2D eigenvalue weighted by Gasteiger charge is 2.23. The van der Waals surface area contributed by atoms with E-state index in [2.05, 4.69) is 26.0 Å². The number of ether oxygens (including phenoxy) is 2. The van der Waals surface area contributed by atoms with Gasteiger partial charge in [-0.1, -0.05) is 15.9 Å². The first kappa shape index (κ1) is 21.1. The van der Waals surface area contributed by atoms with Gasteiger partial charge in [-0.25, -0.2) is 4.98 Å². The topological polar surface area (TPSA) is 126 Å². The molecule has 0 aliphatic heterocycles. The SMILES string of the molecule is COc1cc(C=Nn2c(C)nc3ccc(Br)cc3c2=O)cc([N+](=O)[O-])c1OC(C)=O. The van der Waals surface area contributed by atoms with Crippen LogP contribution in [0.3, 0.4) is 0 Å². The molecule has 3 aromatic rings. The molecule has 11 heteroatoms. The second-order valence-corrected chi connectivity index (χ2v) is 7.02. The molecule has 0 amide bonds. The number of hydrogen-bond donors (Lipinski definition) is 0. The number of esters is 1. The Labute approximate surface area is 178 Å². The molecular weight excluding hydrogens is 460 g/mol. The molecule has 0 spiro atoms. The standard InChI is InChI=1S/C19H15BrN4O6/c1-10-22-15-5-4-13(20)8-14(15)19(26)23(10)21-9-12-6-16(24(27)28)18(30-11(2)25)17(7-12)29-3/h4-9H,1-3H3. The van der Waals surface area contributed by atoms with Gasteiger partial charge in [0.05, 0.1) is 29.2 Å². The Hall–Kier alpha value is -3.60. The zero-order valence-corrected chi connectivity index (χ0v) is 17.7. The molecule has 0 saturated carbocycles. The van der Waals surface area contributed by atoms with E-state index in [4.69, 9.17) is 9.47 Å². The number of aromatic nitrogens is 2. The number of rotatable bonds is 5. The Bertz CT molecular complexity index is 1270. The fourth-order valence-electron chi connectivity index (χ4n) is 2.74. The quantitative estimate of drug-likeness (QED) is 0.182. The Balaban J connectivity index is 2.12. The molecule has 0 bridgehead atoms. The van der Waals surface area contributed by atoms with Crippen molar-refractivity contribution in [3.63, 3.8) is 0 Å². The number of fused-ring (bicyclic) bond motifs is 1. The zero-order chi connectivity index (χ0) is 22.0. The number of aryl methyl sites for hydroxylation is 1. The summed E-state index contributed by atoms with van der Waals surface area (Å²) in [5.74, 6) is -0.722. The highest BCUT2D eigenvalue weighted by molar-refractivity contribution is 9.10. The van der Waals surface area contributed by atoms with E-state index < -0.39 is 22.1 Å². The molecule has 0 N–H and O–H groups in total. The van der Waals surface area contributed by atoms with Gasteiger partial charge in [-0.05, 0) is 31.2 Å². The van der Waals surface area contributed by atoms with Gasteiger partial charge in [0.15, 0.2) is 5.75 Å². The number of carbonyl (C=O) groups is 1. The highest BCUT2D eigenvalue weighted by atomic mass is 79.9. The van der Waals surface area contributed by atoms with Crippen LogP contribution in [-0.2, 0) is 4.79 Å². The molecule has 0 saturated heterocycles. The second-order valence-electron chi connectivity index (χ2n) is 6.10. The van der Waals surface area contributed by atoms with E-state index in [9.17, 15) is 19.7 Å². The molecule has 1 heterocycles. The number of benzene rings is 2. The molecule has 1 aromatic heterocycles. The van der Waals surface area contributed by atoms with Crippen molar-refractivity contribution in [2.24, 2.45) is 5.10 Å². The summed E-state index contributed by atoms with van der Waals surface area (Å²) in [6.07, 6.45) is 1.26. The molecule has 0 atom stereocenters. The number of nitro benzene ring substituents is 1. The molecular formula is C19H15BrN4O6. The number of nitrogens with zero attached hydrogens (tertiary/aromatic N) is 4. The van der Waals surface area contributed by atoms with Crippen molar-refractivity contribution in [1.29, 1.82) is 0 Å². The maximum absolute atomic E-state index is 12.8. The van der Waals surface area contributed by atoms with Crippen LogP contribution < -0.4 is 15.0 Å². The maximum Gasteiger partial charge on any atom is 0.316 e. The van der Waals surface area contributed by atoms with E-state index in [0.717, 1.165) is 22.1 Å². The van der Waals surface area contributed by atoms with Gasteiger partial charge in [-0.3, -0.25) is 19.7 Å². The average Bonchev–Trinajstić information content (AvgIpc) is 2.68. The number of methoxy groups -OCH3 is 1. The Morgan fingerprint density at radius 3 is 2.70 bits per heavy atom. The summed E-state index contributed by atoms with van der Waals surface area (Å²) in [5, 5.41) is 15.9. The first-order valence-electron chi connectivity index (χ1n) is 8.49. The maximum atomic E-state index is 12.8. The van der Waals surface area contributed by atoms with E-state index in [1.165, 1.54) is 19.4 Å². The highest BCUT2D eigenvalue weighted by Crippen LogP contribution is 2.38. The summed E-state index contributed by atoms with van der Waals surface area (Å²) < 4.78 is 11.9. The van der Waals surface area contributed by atoms with Crippen LogP contribution in [0.5, 0.6) is 11.5 Å². The van der Waals surface area contributed by atoms with Crippen molar-refractivity contribution in [1.82, 2.24) is 9.66 Å². The molecule has 10 nitrogen and oxygen atoms in total. The van der Waals surface area contributed by atoms with Gasteiger partial charge in [0.2, 0.25) is 5.75 Å². The minimum absolute atomic E-state index is 0.0227. The van der Waals surface area contributed by atoms with Crippen molar-refractivity contribution < 1.29 is 19.2 Å². The van der Waals surface area contributed by atoms with Crippen LogP contribution in [0.4, 0.5) is 5.69 Å². The number of hydrogen-bond acceptors (Lipinski definition) is 8. The number of nitro groups is 1.